The lowest BCUT2D eigenvalue weighted by molar-refractivity contribution is -0.118. The van der Waals surface area contributed by atoms with Gasteiger partial charge in [-0.1, -0.05) is 12.1 Å². The lowest BCUT2D eigenvalue weighted by atomic mass is 9.72. The highest BCUT2D eigenvalue weighted by Crippen LogP contribution is 2.30. The van der Waals surface area contributed by atoms with Crippen LogP contribution in [0.15, 0.2) is 18.2 Å². The summed E-state index contributed by atoms with van der Waals surface area (Å²) in [7, 11) is -1.26. The number of nitrogens with one attached hydrogen (secondary N) is 1. The molecule has 1 heterocycles. The average molecular weight is 295 g/mol. The molecule has 20 heavy (non-hydrogen) atoms. The van der Waals surface area contributed by atoms with Gasteiger partial charge in [-0.25, -0.2) is 4.79 Å². The van der Waals surface area contributed by atoms with E-state index in [2.05, 4.69) is 5.32 Å². The van der Waals surface area contributed by atoms with Gasteiger partial charge in [0.05, 0.1) is 17.3 Å². The van der Waals surface area contributed by atoms with Crippen molar-refractivity contribution in [1.29, 1.82) is 0 Å². The van der Waals surface area contributed by atoms with Gasteiger partial charge in [0.15, 0.2) is 0 Å². The second-order valence-corrected chi connectivity index (χ2v) is 5.28. The van der Waals surface area contributed by atoms with Crippen molar-refractivity contribution < 1.29 is 24.4 Å². The van der Waals surface area contributed by atoms with Crippen LogP contribution in [0.3, 0.4) is 0 Å². The lowest BCUT2D eigenvalue weighted by Gasteiger charge is -2.28. The molecule has 0 radical (unpaired) electrons. The Morgan fingerprint density at radius 1 is 1.55 bits per heavy atom. The number of carboxylic acid groups (broad SMARTS) is 1. The van der Waals surface area contributed by atoms with Crippen LogP contribution in [0.1, 0.15) is 15.9 Å². The number of benzene rings is 1. The molecule has 0 saturated carbocycles. The zero-order valence-corrected chi connectivity index (χ0v) is 11.6. The Bertz CT molecular complexity index is 539. The Morgan fingerprint density at radius 3 is 2.95 bits per heavy atom. The highest BCUT2D eigenvalue weighted by atomic mass is 32.2. The molecule has 1 amide bonds. The van der Waals surface area contributed by atoms with Crippen LogP contribution in [-0.2, 0) is 11.2 Å². The van der Waals surface area contributed by atoms with Gasteiger partial charge in [0.25, 0.3) is 0 Å². The molecular weight excluding hydrogens is 281 g/mol. The van der Waals surface area contributed by atoms with Crippen molar-refractivity contribution in [2.75, 3.05) is 12.0 Å². The molecule has 0 saturated heterocycles. The molecule has 0 bridgehead atoms. The van der Waals surface area contributed by atoms with E-state index in [0.717, 1.165) is 0 Å². The average Bonchev–Trinajstić information content (AvgIpc) is 2.39. The van der Waals surface area contributed by atoms with Crippen molar-refractivity contribution in [3.8, 4) is 5.75 Å². The van der Waals surface area contributed by atoms with Gasteiger partial charge in [0.2, 0.25) is 5.91 Å². The maximum absolute atomic E-state index is 11.6. The molecule has 0 aromatic heterocycles. The topological polar surface area (TPSA) is 95.9 Å². The number of para-hydroxylation sites is 1. The molecule has 1 atom stereocenters. The highest BCUT2D eigenvalue weighted by Gasteiger charge is 2.37. The molecule has 1 aromatic rings. The predicted octanol–water partition coefficient (Wildman–Crippen LogP) is 0.187. The molecule has 0 aliphatic carbocycles. The van der Waals surface area contributed by atoms with Crippen LogP contribution in [0.2, 0.25) is 0 Å². The van der Waals surface area contributed by atoms with Gasteiger partial charge in [-0.05, 0) is 24.3 Å². The number of carbonyl (C=O) groups is 2. The minimum atomic E-state index is -1.26. The molecule has 1 aromatic carbocycles. The van der Waals surface area contributed by atoms with Gasteiger partial charge >= 0.3 is 13.1 Å². The van der Waals surface area contributed by atoms with E-state index in [1.807, 2.05) is 6.26 Å². The van der Waals surface area contributed by atoms with Gasteiger partial charge in [0, 0.05) is 0 Å². The maximum atomic E-state index is 11.6. The Balaban J connectivity index is 2.19. The molecule has 1 aliphatic rings. The van der Waals surface area contributed by atoms with E-state index < -0.39 is 19.0 Å². The third-order valence-corrected chi connectivity index (χ3v) is 3.52. The van der Waals surface area contributed by atoms with Gasteiger partial charge in [-0.15, -0.1) is 0 Å². The van der Waals surface area contributed by atoms with Crippen molar-refractivity contribution >= 4 is 30.8 Å². The quantitative estimate of drug-likeness (QED) is 0.686. The van der Waals surface area contributed by atoms with E-state index >= 15 is 0 Å². The molecule has 106 valence electrons. The predicted molar refractivity (Wildman–Crippen MR) is 76.0 cm³/mol. The molecular formula is C12H14BNO5S. The summed E-state index contributed by atoms with van der Waals surface area (Å²) in [6.45, 7) is 0. The number of hydrogen-bond donors (Lipinski definition) is 3. The fourth-order valence-electron chi connectivity index (χ4n) is 2.10. The van der Waals surface area contributed by atoms with Crippen LogP contribution in [0.4, 0.5) is 0 Å². The first-order valence-electron chi connectivity index (χ1n) is 6.01. The summed E-state index contributed by atoms with van der Waals surface area (Å²) >= 11 is 1.38. The molecule has 8 heteroatoms. The lowest BCUT2D eigenvalue weighted by Crippen LogP contribution is -2.53. The van der Waals surface area contributed by atoms with Gasteiger partial charge in [0.1, 0.15) is 5.75 Å². The van der Waals surface area contributed by atoms with E-state index in [-0.39, 0.29) is 17.2 Å². The van der Waals surface area contributed by atoms with Crippen molar-refractivity contribution in [2.24, 2.45) is 0 Å². The summed E-state index contributed by atoms with van der Waals surface area (Å²) < 4.78 is 5.27. The number of aromatic carboxylic acids is 1. The van der Waals surface area contributed by atoms with Crippen LogP contribution in [-0.4, -0.2) is 47.1 Å². The first-order valence-corrected chi connectivity index (χ1v) is 7.40. The van der Waals surface area contributed by atoms with Gasteiger partial charge in [-0.3, -0.25) is 4.79 Å². The van der Waals surface area contributed by atoms with Crippen LogP contribution in [0.25, 0.3) is 0 Å². The third-order valence-electron chi connectivity index (χ3n) is 2.97. The second-order valence-electron chi connectivity index (χ2n) is 4.42. The summed E-state index contributed by atoms with van der Waals surface area (Å²) in [5.74, 6) is -1.42. The Labute approximate surface area is 120 Å². The number of carbonyl (C=O) groups excluding carboxylic acids is 1. The van der Waals surface area contributed by atoms with Crippen LogP contribution < -0.4 is 9.97 Å². The molecule has 6 nitrogen and oxygen atoms in total. The maximum Gasteiger partial charge on any atom is 0.547 e. The summed E-state index contributed by atoms with van der Waals surface area (Å²) in [5, 5.41) is 21.7. The fourth-order valence-corrected chi connectivity index (χ4v) is 2.44. The Hall–Kier alpha value is -1.67. The number of rotatable bonds is 4. The minimum absolute atomic E-state index is 0.00967. The van der Waals surface area contributed by atoms with E-state index in [1.165, 1.54) is 17.8 Å². The zero-order valence-electron chi connectivity index (χ0n) is 10.8. The molecule has 1 aliphatic heterocycles. The summed E-state index contributed by atoms with van der Waals surface area (Å²) in [6.07, 6.45) is 2.14. The largest absolute Gasteiger partial charge is 0.547 e. The Kier molecular flexibility index (Phi) is 4.56. The molecule has 0 spiro atoms. The normalized spacial score (nSPS) is 17.1. The van der Waals surface area contributed by atoms with Gasteiger partial charge < -0.3 is 20.1 Å². The third kappa shape index (κ3) is 3.08. The van der Waals surface area contributed by atoms with Crippen molar-refractivity contribution in [2.45, 2.75) is 12.4 Å². The molecule has 2 rings (SSSR count). The second kappa shape index (κ2) is 6.19. The molecule has 3 N–H and O–H groups in total. The first kappa shape index (κ1) is 14.7. The summed E-state index contributed by atoms with van der Waals surface area (Å²) in [6, 6.07) is 4.76. The summed E-state index contributed by atoms with van der Waals surface area (Å²) in [5.41, 5.74) is 0.667. The SMILES string of the molecule is CSCC(=O)N[C@H]1Cc2cccc(C(=O)O)c2OB1O. The van der Waals surface area contributed by atoms with Crippen LogP contribution in [0.5, 0.6) is 5.75 Å². The number of fused-ring (bicyclic) bond motifs is 1. The zero-order chi connectivity index (χ0) is 14.7. The van der Waals surface area contributed by atoms with Crippen LogP contribution in [0, 0.1) is 0 Å². The highest BCUT2D eigenvalue weighted by molar-refractivity contribution is 7.99. The first-order chi connectivity index (χ1) is 9.52. The van der Waals surface area contributed by atoms with Crippen molar-refractivity contribution in [3.63, 3.8) is 0 Å². The summed E-state index contributed by atoms with van der Waals surface area (Å²) in [4.78, 5) is 22.6. The fraction of sp³-hybridized carbons (Fsp3) is 0.333. The standard InChI is InChI=1S/C12H14BNO5S/c1-20-6-10(15)14-9-5-7-3-2-4-8(12(16)17)11(7)19-13(9)18/h2-4,9,18H,5-6H2,1H3,(H,14,15)(H,16,17)/t9-/m0/s1. The van der Waals surface area contributed by atoms with E-state index in [0.29, 0.717) is 17.7 Å². The van der Waals surface area contributed by atoms with E-state index in [1.54, 1.807) is 12.1 Å². The van der Waals surface area contributed by atoms with Crippen LogP contribution >= 0.6 is 11.8 Å². The van der Waals surface area contributed by atoms with Gasteiger partial charge in [-0.2, -0.15) is 11.8 Å². The monoisotopic (exact) mass is 295 g/mol. The number of thioether (sulfide) groups is 1. The van der Waals surface area contributed by atoms with Crippen molar-refractivity contribution in [3.05, 3.63) is 29.3 Å². The van der Waals surface area contributed by atoms with Crippen molar-refractivity contribution in [1.82, 2.24) is 5.32 Å². The molecule has 0 fully saturated rings. The van der Waals surface area contributed by atoms with E-state index in [4.69, 9.17) is 9.76 Å². The number of amides is 1. The number of carboxylic acids is 1. The smallest absolute Gasteiger partial charge is 0.534 e. The number of hydrogen-bond acceptors (Lipinski definition) is 5. The van der Waals surface area contributed by atoms with E-state index in [9.17, 15) is 14.6 Å². The minimum Gasteiger partial charge on any atom is -0.534 e. The Morgan fingerprint density at radius 2 is 2.30 bits per heavy atom. The molecule has 0 unspecified atom stereocenters.